The molecule has 0 bridgehead atoms. The Hall–Kier alpha value is -3.40. The number of carbonyl (C=O) groups is 1. The lowest BCUT2D eigenvalue weighted by molar-refractivity contribution is 0.0734. The highest BCUT2D eigenvalue weighted by atomic mass is 16.5. The van der Waals surface area contributed by atoms with Crippen LogP contribution in [0.2, 0.25) is 0 Å². The highest BCUT2D eigenvalue weighted by Crippen LogP contribution is 2.23. The molecule has 0 fully saturated rings. The number of nitrogens with two attached hydrogens (primary N) is 1. The van der Waals surface area contributed by atoms with Gasteiger partial charge in [-0.3, -0.25) is 0 Å². The van der Waals surface area contributed by atoms with Crippen LogP contribution in [0.1, 0.15) is 47.8 Å². The van der Waals surface area contributed by atoms with E-state index in [0.717, 1.165) is 11.1 Å². The first-order chi connectivity index (χ1) is 13.4. The number of hydrogen-bond donors (Lipinski definition) is 1. The molecule has 0 aliphatic heterocycles. The molecule has 0 aromatic heterocycles. The standard InChI is InChI=1S/C24H24N2O2/c1-24(2,3)20-13-9-19(10-14-20)23(27)28-21-15-11-18(12-16-21)22(26-25)17-7-5-4-6-8-17/h4-16H,25H2,1-3H3/b26-22-. The minimum Gasteiger partial charge on any atom is -0.423 e. The van der Waals surface area contributed by atoms with Gasteiger partial charge in [-0.15, -0.1) is 0 Å². The third kappa shape index (κ3) is 4.46. The molecule has 0 amide bonds. The van der Waals surface area contributed by atoms with Crippen molar-refractivity contribution in [1.82, 2.24) is 0 Å². The van der Waals surface area contributed by atoms with Crippen LogP contribution in [0.4, 0.5) is 0 Å². The first-order valence-corrected chi connectivity index (χ1v) is 9.15. The van der Waals surface area contributed by atoms with Gasteiger partial charge >= 0.3 is 5.97 Å². The summed E-state index contributed by atoms with van der Waals surface area (Å²) in [6.07, 6.45) is 0. The van der Waals surface area contributed by atoms with E-state index < -0.39 is 0 Å². The summed E-state index contributed by atoms with van der Waals surface area (Å²) < 4.78 is 5.49. The number of nitrogens with zero attached hydrogens (tertiary/aromatic N) is 1. The molecule has 4 nitrogen and oxygen atoms in total. The van der Waals surface area contributed by atoms with Crippen molar-refractivity contribution in [2.75, 3.05) is 0 Å². The molecular weight excluding hydrogens is 348 g/mol. The molecule has 0 atom stereocenters. The lowest BCUT2D eigenvalue weighted by atomic mass is 9.87. The molecule has 0 unspecified atom stereocenters. The highest BCUT2D eigenvalue weighted by molar-refractivity contribution is 6.12. The predicted octanol–water partition coefficient (Wildman–Crippen LogP) is 4.91. The van der Waals surface area contributed by atoms with Crippen LogP contribution in [0.25, 0.3) is 0 Å². The van der Waals surface area contributed by atoms with E-state index in [0.29, 0.717) is 17.0 Å². The third-order valence-corrected chi connectivity index (χ3v) is 4.50. The quantitative estimate of drug-likeness (QED) is 0.233. The lowest BCUT2D eigenvalue weighted by Gasteiger charge is -2.18. The van der Waals surface area contributed by atoms with Crippen molar-refractivity contribution < 1.29 is 9.53 Å². The molecule has 0 saturated carbocycles. The fourth-order valence-electron chi connectivity index (χ4n) is 2.86. The number of hydrazone groups is 1. The van der Waals surface area contributed by atoms with Crippen LogP contribution >= 0.6 is 0 Å². The van der Waals surface area contributed by atoms with Crippen molar-refractivity contribution in [3.63, 3.8) is 0 Å². The minimum atomic E-state index is -0.385. The Morgan fingerprint density at radius 3 is 1.86 bits per heavy atom. The second-order valence-corrected chi connectivity index (χ2v) is 7.58. The average Bonchev–Trinajstić information content (AvgIpc) is 2.70. The summed E-state index contributed by atoms with van der Waals surface area (Å²) in [6.45, 7) is 6.41. The van der Waals surface area contributed by atoms with Crippen LogP contribution in [0, 0.1) is 0 Å². The van der Waals surface area contributed by atoms with E-state index in [1.54, 1.807) is 24.3 Å². The van der Waals surface area contributed by atoms with E-state index in [-0.39, 0.29) is 11.4 Å². The van der Waals surface area contributed by atoms with Crippen molar-refractivity contribution in [1.29, 1.82) is 0 Å². The second kappa shape index (κ2) is 8.09. The lowest BCUT2D eigenvalue weighted by Crippen LogP contribution is -2.13. The van der Waals surface area contributed by atoms with Gasteiger partial charge in [-0.1, -0.05) is 63.2 Å². The van der Waals surface area contributed by atoms with Crippen molar-refractivity contribution in [3.8, 4) is 5.75 Å². The Bertz CT molecular complexity index is 968. The predicted molar refractivity (Wildman–Crippen MR) is 113 cm³/mol. The van der Waals surface area contributed by atoms with Crippen LogP contribution in [0.15, 0.2) is 84.0 Å². The maximum absolute atomic E-state index is 12.4. The largest absolute Gasteiger partial charge is 0.423 e. The van der Waals surface area contributed by atoms with E-state index in [4.69, 9.17) is 10.6 Å². The summed E-state index contributed by atoms with van der Waals surface area (Å²) in [5.74, 6) is 5.66. The molecular formula is C24H24N2O2. The van der Waals surface area contributed by atoms with E-state index in [1.807, 2.05) is 54.6 Å². The van der Waals surface area contributed by atoms with E-state index in [1.165, 1.54) is 5.56 Å². The highest BCUT2D eigenvalue weighted by Gasteiger charge is 2.15. The maximum Gasteiger partial charge on any atom is 0.343 e. The van der Waals surface area contributed by atoms with E-state index in [9.17, 15) is 4.79 Å². The summed E-state index contributed by atoms with van der Waals surface area (Å²) in [7, 11) is 0. The Kier molecular flexibility index (Phi) is 5.59. The van der Waals surface area contributed by atoms with Crippen molar-refractivity contribution in [2.45, 2.75) is 26.2 Å². The summed E-state index contributed by atoms with van der Waals surface area (Å²) in [5.41, 5.74) is 4.18. The minimum absolute atomic E-state index is 0.0409. The van der Waals surface area contributed by atoms with Gasteiger partial charge in [0.15, 0.2) is 0 Å². The summed E-state index contributed by atoms with van der Waals surface area (Å²) in [4.78, 5) is 12.4. The Morgan fingerprint density at radius 2 is 1.32 bits per heavy atom. The van der Waals surface area contributed by atoms with Crippen LogP contribution in [-0.2, 0) is 5.41 Å². The summed E-state index contributed by atoms with van der Waals surface area (Å²) >= 11 is 0. The van der Waals surface area contributed by atoms with Gasteiger partial charge in [0.1, 0.15) is 5.75 Å². The van der Waals surface area contributed by atoms with Gasteiger partial charge < -0.3 is 10.6 Å². The monoisotopic (exact) mass is 372 g/mol. The maximum atomic E-state index is 12.4. The number of hydrogen-bond acceptors (Lipinski definition) is 4. The number of esters is 1. The Labute approximate surface area is 165 Å². The molecule has 28 heavy (non-hydrogen) atoms. The van der Waals surface area contributed by atoms with Crippen LogP contribution in [0.5, 0.6) is 5.75 Å². The molecule has 0 aliphatic carbocycles. The molecule has 0 radical (unpaired) electrons. The van der Waals surface area contributed by atoms with Gasteiger partial charge in [-0.2, -0.15) is 5.10 Å². The number of benzene rings is 3. The normalized spacial score (nSPS) is 11.9. The number of ether oxygens (including phenoxy) is 1. The van der Waals surface area contributed by atoms with Gasteiger partial charge in [-0.25, -0.2) is 4.79 Å². The molecule has 0 saturated heterocycles. The van der Waals surface area contributed by atoms with Gasteiger partial charge in [0.25, 0.3) is 0 Å². The third-order valence-electron chi connectivity index (χ3n) is 4.50. The molecule has 0 aliphatic rings. The van der Waals surface area contributed by atoms with Crippen molar-refractivity contribution >= 4 is 11.7 Å². The molecule has 142 valence electrons. The molecule has 3 rings (SSSR count). The van der Waals surface area contributed by atoms with Crippen molar-refractivity contribution in [2.24, 2.45) is 10.9 Å². The first kappa shape index (κ1) is 19.4. The number of carbonyl (C=O) groups excluding carboxylic acids is 1. The SMILES string of the molecule is CC(C)(C)c1ccc(C(=O)Oc2ccc(/C(=N\N)c3ccccc3)cc2)cc1. The summed E-state index contributed by atoms with van der Waals surface area (Å²) in [5, 5.41) is 3.90. The fraction of sp³-hybridized carbons (Fsp3) is 0.167. The second-order valence-electron chi connectivity index (χ2n) is 7.58. The molecule has 3 aromatic carbocycles. The van der Waals surface area contributed by atoms with Crippen molar-refractivity contribution in [3.05, 3.63) is 101 Å². The summed E-state index contributed by atoms with van der Waals surface area (Å²) in [6, 6.07) is 24.4. The van der Waals surface area contributed by atoms with Crippen LogP contribution in [-0.4, -0.2) is 11.7 Å². The van der Waals surface area contributed by atoms with Crippen LogP contribution < -0.4 is 10.6 Å². The van der Waals surface area contributed by atoms with Crippen LogP contribution in [0.3, 0.4) is 0 Å². The van der Waals surface area contributed by atoms with Gasteiger partial charge in [-0.05, 0) is 47.4 Å². The zero-order chi connectivity index (χ0) is 20.1. The molecule has 4 heteroatoms. The zero-order valence-electron chi connectivity index (χ0n) is 16.3. The van der Waals surface area contributed by atoms with Gasteiger partial charge in [0, 0.05) is 11.1 Å². The Morgan fingerprint density at radius 1 is 0.786 bits per heavy atom. The fourth-order valence-corrected chi connectivity index (χ4v) is 2.86. The zero-order valence-corrected chi connectivity index (χ0v) is 16.3. The van der Waals surface area contributed by atoms with E-state index >= 15 is 0 Å². The molecule has 2 N–H and O–H groups in total. The Balaban J connectivity index is 1.73. The molecule has 3 aromatic rings. The number of rotatable bonds is 4. The van der Waals surface area contributed by atoms with Gasteiger partial charge in [0.05, 0.1) is 11.3 Å². The first-order valence-electron chi connectivity index (χ1n) is 9.15. The smallest absolute Gasteiger partial charge is 0.343 e. The average molecular weight is 372 g/mol. The topological polar surface area (TPSA) is 64.7 Å². The van der Waals surface area contributed by atoms with Gasteiger partial charge in [0.2, 0.25) is 0 Å². The molecule has 0 heterocycles. The molecule has 0 spiro atoms. The van der Waals surface area contributed by atoms with E-state index in [2.05, 4.69) is 25.9 Å².